The van der Waals surface area contributed by atoms with Crippen molar-refractivity contribution in [1.29, 1.82) is 0 Å². The first-order chi connectivity index (χ1) is 13.3. The lowest BCUT2D eigenvalue weighted by molar-refractivity contribution is 0.134. The number of aliphatic imine (C=N–C) groups is 1. The molecule has 0 bridgehead atoms. The summed E-state index contributed by atoms with van der Waals surface area (Å²) in [7, 11) is 1.80. The highest BCUT2D eigenvalue weighted by molar-refractivity contribution is 14.0. The quantitative estimate of drug-likeness (QED) is 0.251. The molecule has 3 aromatic rings. The summed E-state index contributed by atoms with van der Waals surface area (Å²) in [6, 6.07) is 16.9. The second-order valence-electron chi connectivity index (χ2n) is 6.42. The zero-order valence-corrected chi connectivity index (χ0v) is 18.8. The molecule has 0 fully saturated rings. The Kier molecular flexibility index (Phi) is 9.30. The van der Waals surface area contributed by atoms with Gasteiger partial charge in [0.15, 0.2) is 5.96 Å². The standard InChI is InChI=1S/C22H28N4O.HI/c1-3-27-16-18-10-8-17(9-11-18)14-26-22(23-2)24-13-12-19-15-25-21-7-5-4-6-20(19)21;/h4-11,15,25H,3,12-14,16H2,1-2H3,(H2,23,24,26);1H. The van der Waals surface area contributed by atoms with Crippen molar-refractivity contribution in [2.45, 2.75) is 26.5 Å². The van der Waals surface area contributed by atoms with E-state index in [0.717, 1.165) is 32.1 Å². The average Bonchev–Trinajstić information content (AvgIpc) is 3.13. The van der Waals surface area contributed by atoms with Gasteiger partial charge < -0.3 is 20.4 Å². The number of benzene rings is 2. The van der Waals surface area contributed by atoms with Crippen LogP contribution in [0.5, 0.6) is 0 Å². The van der Waals surface area contributed by atoms with Crippen molar-refractivity contribution in [2.75, 3.05) is 20.2 Å². The number of para-hydroxylation sites is 1. The van der Waals surface area contributed by atoms with Gasteiger partial charge in [-0.05, 0) is 36.1 Å². The van der Waals surface area contributed by atoms with Crippen molar-refractivity contribution in [1.82, 2.24) is 15.6 Å². The fraction of sp³-hybridized carbons (Fsp3) is 0.318. The predicted molar refractivity (Wildman–Crippen MR) is 127 cm³/mol. The lowest BCUT2D eigenvalue weighted by Crippen LogP contribution is -2.37. The molecule has 0 aliphatic carbocycles. The number of ether oxygens (including phenoxy) is 1. The maximum atomic E-state index is 5.43. The number of guanidine groups is 1. The van der Waals surface area contributed by atoms with E-state index in [1.54, 1.807) is 7.05 Å². The molecule has 0 spiro atoms. The molecule has 0 unspecified atom stereocenters. The first kappa shape index (κ1) is 22.2. The van der Waals surface area contributed by atoms with Crippen LogP contribution in [0.25, 0.3) is 10.9 Å². The van der Waals surface area contributed by atoms with Gasteiger partial charge in [0, 0.05) is 43.8 Å². The zero-order valence-electron chi connectivity index (χ0n) is 16.5. The molecular formula is C22H29IN4O. The van der Waals surface area contributed by atoms with Crippen LogP contribution in [-0.4, -0.2) is 31.1 Å². The van der Waals surface area contributed by atoms with Crippen LogP contribution in [0.1, 0.15) is 23.6 Å². The highest BCUT2D eigenvalue weighted by Gasteiger charge is 2.04. The zero-order chi connectivity index (χ0) is 18.9. The smallest absolute Gasteiger partial charge is 0.191 e. The first-order valence-corrected chi connectivity index (χ1v) is 9.45. The molecule has 0 radical (unpaired) electrons. The Morgan fingerprint density at radius 1 is 1.04 bits per heavy atom. The summed E-state index contributed by atoms with van der Waals surface area (Å²) in [5, 5.41) is 8.04. The minimum Gasteiger partial charge on any atom is -0.377 e. The summed E-state index contributed by atoms with van der Waals surface area (Å²) in [5.74, 6) is 0.813. The summed E-state index contributed by atoms with van der Waals surface area (Å²) >= 11 is 0. The molecule has 150 valence electrons. The summed E-state index contributed by atoms with van der Waals surface area (Å²) in [4.78, 5) is 7.63. The maximum absolute atomic E-state index is 5.43. The maximum Gasteiger partial charge on any atom is 0.191 e. The van der Waals surface area contributed by atoms with E-state index in [1.165, 1.54) is 27.6 Å². The molecular weight excluding hydrogens is 463 g/mol. The van der Waals surface area contributed by atoms with E-state index >= 15 is 0 Å². The summed E-state index contributed by atoms with van der Waals surface area (Å²) < 4.78 is 5.43. The van der Waals surface area contributed by atoms with Gasteiger partial charge in [0.05, 0.1) is 6.61 Å². The lowest BCUT2D eigenvalue weighted by atomic mass is 10.1. The van der Waals surface area contributed by atoms with Crippen molar-refractivity contribution >= 4 is 40.8 Å². The van der Waals surface area contributed by atoms with Gasteiger partial charge in [-0.2, -0.15) is 0 Å². The third-order valence-corrected chi connectivity index (χ3v) is 4.54. The molecule has 0 atom stereocenters. The Morgan fingerprint density at radius 3 is 2.54 bits per heavy atom. The molecule has 2 aromatic carbocycles. The Balaban J connectivity index is 0.00000280. The Hall–Kier alpha value is -2.06. The van der Waals surface area contributed by atoms with Gasteiger partial charge in [-0.15, -0.1) is 24.0 Å². The van der Waals surface area contributed by atoms with Crippen LogP contribution in [0.3, 0.4) is 0 Å². The summed E-state index contributed by atoms with van der Waals surface area (Å²) in [6.45, 7) is 4.98. The van der Waals surface area contributed by atoms with Crippen molar-refractivity contribution in [3.8, 4) is 0 Å². The molecule has 0 aliphatic heterocycles. The van der Waals surface area contributed by atoms with E-state index < -0.39 is 0 Å². The van der Waals surface area contributed by atoms with Crippen LogP contribution >= 0.6 is 24.0 Å². The van der Waals surface area contributed by atoms with Crippen molar-refractivity contribution in [3.63, 3.8) is 0 Å². The Morgan fingerprint density at radius 2 is 1.79 bits per heavy atom. The van der Waals surface area contributed by atoms with Gasteiger partial charge in [0.1, 0.15) is 0 Å². The number of hydrogen-bond donors (Lipinski definition) is 3. The molecule has 0 saturated heterocycles. The van der Waals surface area contributed by atoms with E-state index in [9.17, 15) is 0 Å². The van der Waals surface area contributed by atoms with Crippen molar-refractivity contribution < 1.29 is 4.74 Å². The highest BCUT2D eigenvalue weighted by Crippen LogP contribution is 2.17. The van der Waals surface area contributed by atoms with Crippen molar-refractivity contribution in [2.24, 2.45) is 4.99 Å². The SMILES string of the molecule is CCOCc1ccc(CNC(=NC)NCCc2c[nH]c3ccccc23)cc1.I. The van der Waals surface area contributed by atoms with E-state index in [0.29, 0.717) is 6.61 Å². The number of fused-ring (bicyclic) bond motifs is 1. The predicted octanol–water partition coefficient (Wildman–Crippen LogP) is 4.23. The molecule has 1 aromatic heterocycles. The fourth-order valence-corrected chi connectivity index (χ4v) is 3.03. The van der Waals surface area contributed by atoms with Crippen molar-refractivity contribution in [3.05, 3.63) is 71.4 Å². The largest absolute Gasteiger partial charge is 0.377 e. The monoisotopic (exact) mass is 492 g/mol. The van der Waals surface area contributed by atoms with Gasteiger partial charge >= 0.3 is 0 Å². The van der Waals surface area contributed by atoms with Gasteiger partial charge in [0.25, 0.3) is 0 Å². The van der Waals surface area contributed by atoms with Crippen LogP contribution in [0, 0.1) is 0 Å². The molecule has 0 saturated carbocycles. The Labute approximate surface area is 184 Å². The topological polar surface area (TPSA) is 61.4 Å². The number of nitrogens with zero attached hydrogens (tertiary/aromatic N) is 1. The third kappa shape index (κ3) is 6.24. The Bertz CT molecular complexity index is 874. The van der Waals surface area contributed by atoms with E-state index in [-0.39, 0.29) is 24.0 Å². The van der Waals surface area contributed by atoms with Crippen LogP contribution in [0.2, 0.25) is 0 Å². The molecule has 28 heavy (non-hydrogen) atoms. The number of aromatic amines is 1. The number of hydrogen-bond acceptors (Lipinski definition) is 2. The molecule has 3 N–H and O–H groups in total. The second kappa shape index (κ2) is 11.7. The van der Waals surface area contributed by atoms with Gasteiger partial charge in [-0.25, -0.2) is 0 Å². The fourth-order valence-electron chi connectivity index (χ4n) is 3.03. The number of H-pyrrole nitrogens is 1. The number of nitrogens with one attached hydrogen (secondary N) is 3. The van der Waals surface area contributed by atoms with Gasteiger partial charge in [-0.3, -0.25) is 4.99 Å². The minimum atomic E-state index is 0. The highest BCUT2D eigenvalue weighted by atomic mass is 127. The third-order valence-electron chi connectivity index (χ3n) is 4.54. The van der Waals surface area contributed by atoms with E-state index in [2.05, 4.69) is 75.3 Å². The lowest BCUT2D eigenvalue weighted by Gasteiger charge is -2.12. The number of rotatable bonds is 8. The average molecular weight is 492 g/mol. The van der Waals surface area contributed by atoms with Crippen LogP contribution in [0.15, 0.2) is 59.7 Å². The summed E-state index contributed by atoms with van der Waals surface area (Å²) in [6.07, 6.45) is 3.03. The second-order valence-corrected chi connectivity index (χ2v) is 6.42. The molecule has 1 heterocycles. The van der Waals surface area contributed by atoms with E-state index in [1.807, 2.05) is 6.92 Å². The van der Waals surface area contributed by atoms with Crippen LogP contribution in [-0.2, 0) is 24.3 Å². The van der Waals surface area contributed by atoms with Crippen LogP contribution < -0.4 is 10.6 Å². The van der Waals surface area contributed by atoms with Gasteiger partial charge in [-0.1, -0.05) is 42.5 Å². The van der Waals surface area contributed by atoms with E-state index in [4.69, 9.17) is 4.74 Å². The molecule has 6 heteroatoms. The first-order valence-electron chi connectivity index (χ1n) is 9.45. The van der Waals surface area contributed by atoms with Gasteiger partial charge in [0.2, 0.25) is 0 Å². The minimum absolute atomic E-state index is 0. The molecule has 3 rings (SSSR count). The molecule has 0 aliphatic rings. The molecule has 5 nitrogen and oxygen atoms in total. The number of halogens is 1. The summed E-state index contributed by atoms with van der Waals surface area (Å²) in [5.41, 5.74) is 4.91. The molecule has 0 amide bonds. The normalized spacial score (nSPS) is 11.3. The number of aromatic nitrogens is 1. The van der Waals surface area contributed by atoms with Crippen LogP contribution in [0.4, 0.5) is 0 Å².